The fraction of sp³-hybridized carbons (Fsp3) is 0.333. The molecule has 21 heavy (non-hydrogen) atoms. The highest BCUT2D eigenvalue weighted by Gasteiger charge is 2.24. The van der Waals surface area contributed by atoms with Crippen molar-refractivity contribution in [3.05, 3.63) is 41.2 Å². The summed E-state index contributed by atoms with van der Waals surface area (Å²) in [6.07, 6.45) is 0. The highest BCUT2D eigenvalue weighted by Crippen LogP contribution is 2.26. The van der Waals surface area contributed by atoms with Gasteiger partial charge in [-0.15, -0.1) is 0 Å². The van der Waals surface area contributed by atoms with Crippen molar-refractivity contribution in [1.82, 2.24) is 9.78 Å². The Morgan fingerprint density at radius 1 is 1.33 bits per heavy atom. The number of rotatable bonds is 5. The summed E-state index contributed by atoms with van der Waals surface area (Å²) in [7, 11) is 3.45. The number of carbonyl (C=O) groups is 1. The van der Waals surface area contributed by atoms with E-state index in [2.05, 4.69) is 10.4 Å². The molecule has 2 rings (SSSR count). The van der Waals surface area contributed by atoms with Crippen molar-refractivity contribution in [2.24, 2.45) is 12.8 Å². The lowest BCUT2D eigenvalue weighted by Gasteiger charge is -2.18. The summed E-state index contributed by atoms with van der Waals surface area (Å²) in [5, 5.41) is 7.49. The first-order valence-corrected chi connectivity index (χ1v) is 6.64. The fourth-order valence-electron chi connectivity index (χ4n) is 2.35. The number of benzene rings is 1. The van der Waals surface area contributed by atoms with Gasteiger partial charge in [0.05, 0.1) is 12.8 Å². The van der Waals surface area contributed by atoms with E-state index in [-0.39, 0.29) is 0 Å². The third kappa shape index (κ3) is 2.99. The van der Waals surface area contributed by atoms with Gasteiger partial charge in [-0.25, -0.2) is 0 Å². The Balaban J connectivity index is 2.33. The lowest BCUT2D eigenvalue weighted by Crippen LogP contribution is -2.28. The van der Waals surface area contributed by atoms with Gasteiger partial charge in [-0.2, -0.15) is 5.10 Å². The Labute approximate surface area is 123 Å². The molecule has 6 heteroatoms. The van der Waals surface area contributed by atoms with E-state index in [9.17, 15) is 4.79 Å². The van der Waals surface area contributed by atoms with Crippen LogP contribution in [0.5, 0.6) is 5.75 Å². The van der Waals surface area contributed by atoms with Crippen LogP contribution in [0.2, 0.25) is 0 Å². The molecule has 0 saturated carbocycles. The zero-order valence-electron chi connectivity index (χ0n) is 12.7. The molecule has 6 nitrogen and oxygen atoms in total. The number of ether oxygens (including phenoxy) is 1. The average Bonchev–Trinajstić information content (AvgIpc) is 2.70. The predicted octanol–water partition coefficient (Wildman–Crippen LogP) is 1.68. The number of amides is 1. The Bertz CT molecular complexity index is 646. The van der Waals surface area contributed by atoms with E-state index in [0.29, 0.717) is 0 Å². The number of hydrogen-bond acceptors (Lipinski definition) is 4. The molecule has 0 fully saturated rings. The first-order valence-electron chi connectivity index (χ1n) is 6.64. The minimum atomic E-state index is -0.618. The molecular weight excluding hydrogens is 268 g/mol. The molecule has 1 heterocycles. The van der Waals surface area contributed by atoms with Crippen LogP contribution in [-0.4, -0.2) is 22.8 Å². The van der Waals surface area contributed by atoms with Gasteiger partial charge in [-0.1, -0.05) is 0 Å². The fourth-order valence-corrected chi connectivity index (χ4v) is 2.35. The predicted molar refractivity (Wildman–Crippen MR) is 81.2 cm³/mol. The van der Waals surface area contributed by atoms with Crippen LogP contribution in [-0.2, 0) is 11.8 Å². The maximum atomic E-state index is 11.8. The standard InChI is InChI=1S/C15H20N4O2/c1-9-13(10(2)19(3)18-9)14(15(16)20)17-11-5-7-12(21-4)8-6-11/h5-8,14,17H,1-4H3,(H2,16,20). The number of nitrogens with one attached hydrogen (secondary N) is 1. The Kier molecular flexibility index (Phi) is 4.16. The Morgan fingerprint density at radius 3 is 2.38 bits per heavy atom. The van der Waals surface area contributed by atoms with Crippen molar-refractivity contribution in [2.75, 3.05) is 12.4 Å². The highest BCUT2D eigenvalue weighted by molar-refractivity contribution is 5.85. The molecule has 0 spiro atoms. The van der Waals surface area contributed by atoms with Gasteiger partial charge >= 0.3 is 0 Å². The van der Waals surface area contributed by atoms with Gasteiger partial charge in [0.15, 0.2) is 0 Å². The second-order valence-electron chi connectivity index (χ2n) is 4.92. The van der Waals surface area contributed by atoms with Gasteiger partial charge in [0, 0.05) is 24.0 Å². The van der Waals surface area contributed by atoms with E-state index in [1.54, 1.807) is 11.8 Å². The molecule has 0 radical (unpaired) electrons. The molecule has 3 N–H and O–H groups in total. The van der Waals surface area contributed by atoms with Crippen molar-refractivity contribution in [3.63, 3.8) is 0 Å². The summed E-state index contributed by atoms with van der Waals surface area (Å²) in [6, 6.07) is 6.71. The van der Waals surface area contributed by atoms with Crippen molar-refractivity contribution < 1.29 is 9.53 Å². The van der Waals surface area contributed by atoms with Crippen LogP contribution in [0.4, 0.5) is 5.69 Å². The van der Waals surface area contributed by atoms with E-state index in [0.717, 1.165) is 28.4 Å². The van der Waals surface area contributed by atoms with Gasteiger partial charge in [-0.3, -0.25) is 9.48 Å². The summed E-state index contributed by atoms with van der Waals surface area (Å²) >= 11 is 0. The minimum Gasteiger partial charge on any atom is -0.497 e. The summed E-state index contributed by atoms with van der Waals surface area (Å²) in [5.74, 6) is 0.315. The van der Waals surface area contributed by atoms with Crippen LogP contribution < -0.4 is 15.8 Å². The van der Waals surface area contributed by atoms with Crippen molar-refractivity contribution in [3.8, 4) is 5.75 Å². The molecular formula is C15H20N4O2. The summed E-state index contributed by atoms with van der Waals surface area (Å²) < 4.78 is 6.86. The largest absolute Gasteiger partial charge is 0.497 e. The molecule has 0 aliphatic rings. The average molecular weight is 288 g/mol. The van der Waals surface area contributed by atoms with Gasteiger partial charge in [0.1, 0.15) is 11.8 Å². The molecule has 0 saturated heterocycles. The van der Waals surface area contributed by atoms with E-state index >= 15 is 0 Å². The first-order chi connectivity index (χ1) is 9.93. The van der Waals surface area contributed by atoms with Crippen LogP contribution in [0.1, 0.15) is 23.0 Å². The third-order valence-corrected chi connectivity index (χ3v) is 3.54. The monoisotopic (exact) mass is 288 g/mol. The second-order valence-corrected chi connectivity index (χ2v) is 4.92. The molecule has 1 amide bonds. The summed E-state index contributed by atoms with van der Waals surface area (Å²) in [4.78, 5) is 11.8. The van der Waals surface area contributed by atoms with Crippen LogP contribution in [0.15, 0.2) is 24.3 Å². The number of aromatic nitrogens is 2. The van der Waals surface area contributed by atoms with Crippen molar-refractivity contribution in [2.45, 2.75) is 19.9 Å². The number of methoxy groups -OCH3 is 1. The second kappa shape index (κ2) is 5.87. The molecule has 1 atom stereocenters. The van der Waals surface area contributed by atoms with Gasteiger partial charge in [0.2, 0.25) is 5.91 Å². The van der Waals surface area contributed by atoms with Gasteiger partial charge in [-0.05, 0) is 38.1 Å². The smallest absolute Gasteiger partial charge is 0.244 e. The quantitative estimate of drug-likeness (QED) is 0.877. The van der Waals surface area contributed by atoms with Crippen LogP contribution >= 0.6 is 0 Å². The zero-order valence-corrected chi connectivity index (χ0v) is 12.7. The molecule has 112 valence electrons. The molecule has 0 bridgehead atoms. The van der Waals surface area contributed by atoms with Crippen molar-refractivity contribution in [1.29, 1.82) is 0 Å². The number of hydrogen-bond donors (Lipinski definition) is 2. The molecule has 0 aliphatic heterocycles. The number of aryl methyl sites for hydroxylation is 2. The summed E-state index contributed by atoms with van der Waals surface area (Å²) in [6.45, 7) is 3.79. The zero-order chi connectivity index (χ0) is 15.6. The number of anilines is 1. The van der Waals surface area contributed by atoms with Gasteiger partial charge in [0.25, 0.3) is 0 Å². The van der Waals surface area contributed by atoms with Gasteiger partial charge < -0.3 is 15.8 Å². The van der Waals surface area contributed by atoms with E-state index in [1.807, 2.05) is 45.2 Å². The van der Waals surface area contributed by atoms with Crippen LogP contribution in [0.3, 0.4) is 0 Å². The first kappa shape index (κ1) is 14.9. The number of nitrogens with zero attached hydrogens (tertiary/aromatic N) is 2. The highest BCUT2D eigenvalue weighted by atomic mass is 16.5. The summed E-state index contributed by atoms with van der Waals surface area (Å²) in [5.41, 5.74) is 8.88. The van der Waals surface area contributed by atoms with E-state index in [4.69, 9.17) is 10.5 Å². The number of primary amides is 1. The number of carbonyl (C=O) groups excluding carboxylic acids is 1. The van der Waals surface area contributed by atoms with E-state index in [1.165, 1.54) is 0 Å². The van der Waals surface area contributed by atoms with Crippen LogP contribution in [0.25, 0.3) is 0 Å². The normalized spacial score (nSPS) is 12.0. The third-order valence-electron chi connectivity index (χ3n) is 3.54. The lowest BCUT2D eigenvalue weighted by atomic mass is 10.0. The minimum absolute atomic E-state index is 0.440. The lowest BCUT2D eigenvalue weighted by molar-refractivity contribution is -0.118. The van der Waals surface area contributed by atoms with Crippen molar-refractivity contribution >= 4 is 11.6 Å². The Hall–Kier alpha value is -2.50. The molecule has 0 aliphatic carbocycles. The molecule has 1 unspecified atom stereocenters. The SMILES string of the molecule is COc1ccc(NC(C(N)=O)c2c(C)nn(C)c2C)cc1. The molecule has 2 aromatic rings. The Morgan fingerprint density at radius 2 is 1.95 bits per heavy atom. The maximum Gasteiger partial charge on any atom is 0.244 e. The molecule has 1 aromatic heterocycles. The van der Waals surface area contributed by atoms with Crippen LogP contribution in [0, 0.1) is 13.8 Å². The molecule has 1 aromatic carbocycles. The van der Waals surface area contributed by atoms with E-state index < -0.39 is 11.9 Å². The maximum absolute atomic E-state index is 11.8. The topological polar surface area (TPSA) is 82.2 Å². The number of nitrogens with two attached hydrogens (primary N) is 1.